The van der Waals surface area contributed by atoms with E-state index in [2.05, 4.69) is 5.32 Å². The van der Waals surface area contributed by atoms with Gasteiger partial charge in [0.15, 0.2) is 0 Å². The summed E-state index contributed by atoms with van der Waals surface area (Å²) < 4.78 is 36.6. The maximum atomic E-state index is 13.2. The van der Waals surface area contributed by atoms with E-state index in [-0.39, 0.29) is 242 Å². The van der Waals surface area contributed by atoms with Crippen LogP contribution in [-0.2, 0) is 217 Å². The van der Waals surface area contributed by atoms with Crippen molar-refractivity contribution < 1.29 is 237 Å². The van der Waals surface area contributed by atoms with Gasteiger partial charge < -0.3 is 19.5 Å². The van der Waals surface area contributed by atoms with Crippen molar-refractivity contribution in [2.24, 2.45) is 5.92 Å². The largest absolute Gasteiger partial charge is 0.664 e. The molecular weight excluding hydrogens is 1030 g/mol. The fourth-order valence-electron chi connectivity index (χ4n) is 3.08. The first-order valence-corrected chi connectivity index (χ1v) is 7.91. The van der Waals surface area contributed by atoms with Crippen molar-refractivity contribution in [3.63, 3.8) is 0 Å². The molecule has 0 saturated carbocycles. The summed E-state index contributed by atoms with van der Waals surface area (Å²) >= 11 is 0. The van der Waals surface area contributed by atoms with Crippen molar-refractivity contribution in [3.8, 4) is 17.2 Å². The summed E-state index contributed by atoms with van der Waals surface area (Å²) in [6.45, 7) is 3.04. The molecule has 31 heavy (non-hydrogen) atoms. The Bertz CT molecular complexity index is 768. The molecule has 0 aromatic heterocycles. The van der Waals surface area contributed by atoms with Crippen LogP contribution in [0.5, 0.6) is 17.2 Å². The number of ether oxygens (including phenoxy) is 3. The van der Waals surface area contributed by atoms with Crippen LogP contribution < -0.4 is 14.2 Å². The average Bonchev–Trinajstić information content (AvgIpc) is 3.00. The first kappa shape index (κ1) is 40.5. The van der Waals surface area contributed by atoms with Crippen LogP contribution in [0.4, 0.5) is 4.39 Å². The molecule has 0 bridgehead atoms. The van der Waals surface area contributed by atoms with Crippen LogP contribution in [0.1, 0.15) is 19.3 Å². The van der Waals surface area contributed by atoms with E-state index in [0.29, 0.717) is 23.8 Å². The van der Waals surface area contributed by atoms with Crippen LogP contribution in [0, 0.1) is 25.1 Å². The molecule has 0 unspecified atom stereocenters. The Kier molecular flexibility index (Phi) is 30.0. The van der Waals surface area contributed by atoms with Gasteiger partial charge in [0.05, 0.1) is 5.75 Å². The second kappa shape index (κ2) is 23.0. The molecular formula is C19H17FNO3WY6-3. The predicted molar refractivity (Wildman–Crippen MR) is 87.3 cm³/mol. The first-order valence-electron chi connectivity index (χ1n) is 8.41. The fourth-order valence-corrected chi connectivity index (χ4v) is 3.08. The molecule has 2 heterocycles. The summed E-state index contributed by atoms with van der Waals surface area (Å²) in [6.07, 6.45) is 0.911. The minimum absolute atomic E-state index is 0. The maximum absolute atomic E-state index is 13.2. The van der Waals surface area contributed by atoms with Gasteiger partial charge in [-0.15, -0.1) is 13.8 Å². The van der Waals surface area contributed by atoms with Gasteiger partial charge in [-0.05, 0) is 35.7 Å². The van der Waals surface area contributed by atoms with E-state index in [1.165, 1.54) is 12.1 Å². The standard InChI is InChI=1S/C19H17FNO3.W.6Y/c20-15-3-1-13(2-4-15)17-7-8-21-10-14(17)11-22-16-5-6-18-19(9-16)24-12-23-18;;;;;;;/h1-6,9,11-12,14,17H,7-8,10H2;;;;;;;/q-3;;;;;;;/t14-,17-;;;;;;;/m0......./s1/i12D;;;;;;;. The Balaban J connectivity index is -0.000000560. The monoisotopic (exact) mass is 1040 g/mol. The van der Waals surface area contributed by atoms with Crippen molar-refractivity contribution in [1.29, 1.82) is 0 Å². The van der Waals surface area contributed by atoms with Gasteiger partial charge in [-0.25, -0.2) is 4.39 Å². The van der Waals surface area contributed by atoms with E-state index < -0.39 is 0 Å². The summed E-state index contributed by atoms with van der Waals surface area (Å²) in [5, 5.41) is 4.47. The third kappa shape index (κ3) is 13.1. The van der Waals surface area contributed by atoms with E-state index in [4.69, 9.17) is 15.6 Å². The molecule has 0 spiro atoms. The van der Waals surface area contributed by atoms with Crippen molar-refractivity contribution in [2.75, 3.05) is 13.1 Å². The quantitative estimate of drug-likeness (QED) is 0.427. The molecule has 2 atom stereocenters. The van der Waals surface area contributed by atoms with Gasteiger partial charge >= 0.3 is 0 Å². The minimum atomic E-state index is -0.237. The average molecular weight is 1040 g/mol. The molecule has 1 fully saturated rings. The molecule has 150 valence electrons. The molecule has 2 aliphatic rings. The molecule has 1 saturated heterocycles. The molecule has 2 aromatic carbocycles. The molecule has 2 aliphatic heterocycles. The van der Waals surface area contributed by atoms with Crippen molar-refractivity contribution in [2.45, 2.75) is 12.3 Å². The number of hydrogen-bond acceptors (Lipinski definition) is 3. The van der Waals surface area contributed by atoms with Crippen LogP contribution in [0.3, 0.4) is 0 Å². The first-order chi connectivity index (χ1) is 12.2. The number of nitrogens with zero attached hydrogens (tertiary/aromatic N) is 1. The van der Waals surface area contributed by atoms with Gasteiger partial charge in [0.2, 0.25) is 0 Å². The molecule has 0 aliphatic carbocycles. The number of rotatable bonds is 4. The van der Waals surface area contributed by atoms with Gasteiger partial charge in [-0.3, -0.25) is 0 Å². The zero-order valence-electron chi connectivity index (χ0n) is 17.8. The minimum Gasteiger partial charge on any atom is -0.664 e. The summed E-state index contributed by atoms with van der Waals surface area (Å²) in [4.78, 5) is 0. The fraction of sp³-hybridized carbons (Fsp3) is 0.263. The number of hydrogen-bond donors (Lipinski definition) is 0. The van der Waals surface area contributed by atoms with E-state index in [9.17, 15) is 4.39 Å². The van der Waals surface area contributed by atoms with E-state index >= 15 is 0 Å². The summed E-state index contributed by atoms with van der Waals surface area (Å²) in [6, 6.07) is 11.8. The van der Waals surface area contributed by atoms with Crippen molar-refractivity contribution in [1.82, 2.24) is 0 Å². The number of piperidine rings is 1. The second-order valence-electron chi connectivity index (χ2n) is 5.89. The van der Waals surface area contributed by atoms with Gasteiger partial charge in [-0.1, -0.05) is 18.6 Å². The molecule has 0 N–H and O–H groups in total. The summed E-state index contributed by atoms with van der Waals surface area (Å²) in [5.41, 5.74) is 1.10. The van der Waals surface area contributed by atoms with E-state index in [1.807, 2.05) is 12.1 Å². The molecule has 12 heteroatoms. The summed E-state index contributed by atoms with van der Waals surface area (Å²) in [5.74, 6) is 1.73. The molecule has 6 radical (unpaired) electrons. The normalized spacial score (nSPS) is 18.4. The number of fused-ring (bicyclic) bond motifs is 1. The molecule has 2 aromatic rings. The molecule has 0 amide bonds. The maximum Gasteiger partial charge on any atom is 0.132 e. The van der Waals surface area contributed by atoms with Crippen LogP contribution >= 0.6 is 0 Å². The third-order valence-electron chi connectivity index (χ3n) is 4.35. The zero-order chi connectivity index (χ0) is 17.2. The third-order valence-corrected chi connectivity index (χ3v) is 4.35. The Labute approximate surface area is 350 Å². The van der Waals surface area contributed by atoms with Gasteiger partial charge in [-0.2, -0.15) is 13.2 Å². The van der Waals surface area contributed by atoms with Crippen molar-refractivity contribution >= 4 is 0 Å². The number of benzene rings is 2. The Morgan fingerprint density at radius 2 is 1.65 bits per heavy atom. The van der Waals surface area contributed by atoms with Gasteiger partial charge in [0.25, 0.3) is 0 Å². The van der Waals surface area contributed by atoms with E-state index in [0.717, 1.165) is 18.5 Å². The number of halogens is 1. The Morgan fingerprint density at radius 1 is 1.00 bits per heavy atom. The second-order valence-corrected chi connectivity index (χ2v) is 5.89. The summed E-state index contributed by atoms with van der Waals surface area (Å²) in [7, 11) is 0. The predicted octanol–water partition coefficient (Wildman–Crippen LogP) is 4.42. The topological polar surface area (TPSA) is 41.8 Å². The SMILES string of the molecule is [2H][C-]1Oc2ccc(O[CH-][C@@H]3C[N-]CC[C@H]3c3ccc(F)cc3)cc2O1.[W].[Y].[Y].[Y].[Y].[Y].[Y]. The van der Waals surface area contributed by atoms with E-state index in [1.54, 1.807) is 24.8 Å². The van der Waals surface area contributed by atoms with Crippen molar-refractivity contribution in [3.05, 3.63) is 72.5 Å². The smallest absolute Gasteiger partial charge is 0.132 e. The molecule has 4 rings (SSSR count). The Morgan fingerprint density at radius 3 is 2.32 bits per heavy atom. The van der Waals surface area contributed by atoms with Crippen LogP contribution in [0.25, 0.3) is 5.32 Å². The van der Waals surface area contributed by atoms with Crippen LogP contribution in [0.2, 0.25) is 0 Å². The Hall–Kier alpha value is 5.04. The van der Waals surface area contributed by atoms with Gasteiger partial charge in [0, 0.05) is 230 Å². The van der Waals surface area contributed by atoms with Crippen LogP contribution in [0.15, 0.2) is 42.5 Å². The van der Waals surface area contributed by atoms with Gasteiger partial charge in [0.1, 0.15) is 17.3 Å². The zero-order valence-corrected chi connectivity index (χ0v) is 36.8. The van der Waals surface area contributed by atoms with Crippen LogP contribution in [-0.4, -0.2) is 13.1 Å². The molecule has 4 nitrogen and oxygen atoms in total.